The highest BCUT2D eigenvalue weighted by Gasteiger charge is 2.28. The van der Waals surface area contributed by atoms with E-state index < -0.39 is 0 Å². The van der Waals surface area contributed by atoms with Crippen molar-refractivity contribution < 1.29 is 0 Å². The molecule has 1 aliphatic rings. The third-order valence-electron chi connectivity index (χ3n) is 4.36. The molecule has 102 valence electrons. The maximum Gasteiger partial charge on any atom is -0.00209 e. The van der Waals surface area contributed by atoms with E-state index in [2.05, 4.69) is 38.0 Å². The fourth-order valence-electron chi connectivity index (χ4n) is 3.27. The molecular formula is C15H31NS. The molecule has 0 spiro atoms. The maximum atomic E-state index is 3.40. The lowest BCUT2D eigenvalue weighted by molar-refractivity contribution is 0.164. The van der Waals surface area contributed by atoms with E-state index in [0.717, 1.165) is 17.8 Å². The number of nitrogens with one attached hydrogen (secondary N) is 1. The van der Waals surface area contributed by atoms with Gasteiger partial charge in [0.05, 0.1) is 0 Å². The number of hydrogen-bond acceptors (Lipinski definition) is 2. The molecule has 1 saturated carbocycles. The molecule has 0 amide bonds. The smallest absolute Gasteiger partial charge is 0.00209 e. The Bertz CT molecular complexity index is 184. The van der Waals surface area contributed by atoms with Crippen LogP contribution in [0.5, 0.6) is 0 Å². The van der Waals surface area contributed by atoms with Gasteiger partial charge in [-0.25, -0.2) is 0 Å². The van der Waals surface area contributed by atoms with Crippen LogP contribution in [0.1, 0.15) is 52.4 Å². The van der Waals surface area contributed by atoms with Gasteiger partial charge in [0.15, 0.2) is 0 Å². The molecule has 1 nitrogen and oxygen atoms in total. The van der Waals surface area contributed by atoms with Crippen molar-refractivity contribution in [3.63, 3.8) is 0 Å². The zero-order valence-electron chi connectivity index (χ0n) is 12.0. The van der Waals surface area contributed by atoms with E-state index in [1.165, 1.54) is 56.6 Å². The monoisotopic (exact) mass is 257 g/mol. The van der Waals surface area contributed by atoms with Gasteiger partial charge in [-0.2, -0.15) is 11.8 Å². The van der Waals surface area contributed by atoms with Gasteiger partial charge in [-0.15, -0.1) is 0 Å². The van der Waals surface area contributed by atoms with Gasteiger partial charge >= 0.3 is 0 Å². The lowest BCUT2D eigenvalue weighted by Crippen LogP contribution is -2.31. The first-order valence-corrected chi connectivity index (χ1v) is 8.69. The van der Waals surface area contributed by atoms with Crippen LogP contribution in [0.15, 0.2) is 0 Å². The summed E-state index contributed by atoms with van der Waals surface area (Å²) in [6.45, 7) is 5.87. The highest BCUT2D eigenvalue weighted by molar-refractivity contribution is 7.99. The van der Waals surface area contributed by atoms with E-state index in [-0.39, 0.29) is 0 Å². The third kappa shape index (κ3) is 5.65. The van der Waals surface area contributed by atoms with Gasteiger partial charge in [0.1, 0.15) is 0 Å². The molecule has 0 saturated heterocycles. The quantitative estimate of drug-likeness (QED) is 0.655. The summed E-state index contributed by atoms with van der Waals surface area (Å²) in [7, 11) is 2.11. The van der Waals surface area contributed by atoms with Gasteiger partial charge < -0.3 is 5.32 Å². The second-order valence-corrected chi connectivity index (χ2v) is 6.90. The lowest BCUT2D eigenvalue weighted by atomic mass is 9.71. The van der Waals surface area contributed by atoms with Crippen molar-refractivity contribution in [2.45, 2.75) is 52.4 Å². The Kier molecular flexibility index (Phi) is 8.38. The van der Waals surface area contributed by atoms with Crippen molar-refractivity contribution in [2.24, 2.45) is 17.8 Å². The molecule has 1 N–H and O–H groups in total. The highest BCUT2D eigenvalue weighted by atomic mass is 32.2. The molecule has 3 atom stereocenters. The molecule has 17 heavy (non-hydrogen) atoms. The maximum absolute atomic E-state index is 3.40. The van der Waals surface area contributed by atoms with Gasteiger partial charge in [0.2, 0.25) is 0 Å². The summed E-state index contributed by atoms with van der Waals surface area (Å²) in [6.07, 6.45) is 8.73. The third-order valence-corrected chi connectivity index (χ3v) is 5.35. The van der Waals surface area contributed by atoms with Crippen molar-refractivity contribution in [1.29, 1.82) is 0 Å². The van der Waals surface area contributed by atoms with Crippen LogP contribution in [0, 0.1) is 17.8 Å². The molecule has 0 bridgehead atoms. The van der Waals surface area contributed by atoms with Crippen LogP contribution in [0.2, 0.25) is 0 Å². The highest BCUT2D eigenvalue weighted by Crippen LogP contribution is 2.37. The fourth-order valence-corrected chi connectivity index (χ4v) is 3.93. The first kappa shape index (κ1) is 15.4. The van der Waals surface area contributed by atoms with Gasteiger partial charge in [0, 0.05) is 0 Å². The van der Waals surface area contributed by atoms with Gasteiger partial charge in [-0.1, -0.05) is 26.7 Å². The van der Waals surface area contributed by atoms with Gasteiger partial charge in [-0.3, -0.25) is 0 Å². The van der Waals surface area contributed by atoms with E-state index in [0.29, 0.717) is 0 Å². The van der Waals surface area contributed by atoms with Crippen LogP contribution in [0.3, 0.4) is 0 Å². The number of hydrogen-bond donors (Lipinski definition) is 1. The molecule has 0 heterocycles. The summed E-state index contributed by atoms with van der Waals surface area (Å²) in [5, 5.41) is 3.40. The number of thioether (sulfide) groups is 1. The van der Waals surface area contributed by atoms with E-state index in [9.17, 15) is 0 Å². The van der Waals surface area contributed by atoms with Crippen molar-refractivity contribution in [3.8, 4) is 0 Å². The van der Waals surface area contributed by atoms with E-state index in [4.69, 9.17) is 0 Å². The molecule has 3 unspecified atom stereocenters. The molecule has 0 aliphatic heterocycles. The Balaban J connectivity index is 2.32. The standard InChI is InChI=1S/C15H31NS/c1-4-13-8-9-15(12-16-3)14(11-13)7-6-10-17-5-2/h13-16H,4-12H2,1-3H3. The molecule has 1 fully saturated rings. The van der Waals surface area contributed by atoms with Gasteiger partial charge in [0.25, 0.3) is 0 Å². The zero-order valence-corrected chi connectivity index (χ0v) is 12.8. The topological polar surface area (TPSA) is 12.0 Å². The first-order valence-electron chi connectivity index (χ1n) is 7.54. The Morgan fingerprint density at radius 2 is 2.00 bits per heavy atom. The molecule has 0 aromatic heterocycles. The Hall–Kier alpha value is 0.310. The van der Waals surface area contributed by atoms with Crippen LogP contribution in [-0.2, 0) is 0 Å². The predicted octanol–water partition coefficient (Wildman–Crippen LogP) is 4.18. The Morgan fingerprint density at radius 3 is 2.65 bits per heavy atom. The summed E-state index contributed by atoms with van der Waals surface area (Å²) >= 11 is 2.10. The second kappa shape index (κ2) is 9.27. The first-order chi connectivity index (χ1) is 8.31. The van der Waals surface area contributed by atoms with E-state index >= 15 is 0 Å². The lowest BCUT2D eigenvalue weighted by Gasteiger charge is -2.36. The zero-order chi connectivity index (χ0) is 12.5. The van der Waals surface area contributed by atoms with E-state index in [1.807, 2.05) is 0 Å². The molecule has 0 aromatic rings. The van der Waals surface area contributed by atoms with Crippen LogP contribution in [0.25, 0.3) is 0 Å². The fraction of sp³-hybridized carbons (Fsp3) is 1.00. The van der Waals surface area contributed by atoms with Crippen molar-refractivity contribution >= 4 is 11.8 Å². The second-order valence-electron chi connectivity index (χ2n) is 5.50. The minimum absolute atomic E-state index is 0.953. The largest absolute Gasteiger partial charge is 0.319 e. The molecule has 1 rings (SSSR count). The Labute approximate surface area is 113 Å². The van der Waals surface area contributed by atoms with Crippen molar-refractivity contribution in [3.05, 3.63) is 0 Å². The summed E-state index contributed by atoms with van der Waals surface area (Å²) in [6, 6.07) is 0. The Morgan fingerprint density at radius 1 is 1.18 bits per heavy atom. The van der Waals surface area contributed by atoms with Crippen molar-refractivity contribution in [2.75, 3.05) is 25.1 Å². The van der Waals surface area contributed by atoms with Crippen LogP contribution in [-0.4, -0.2) is 25.1 Å². The molecule has 2 heteroatoms. The summed E-state index contributed by atoms with van der Waals surface area (Å²) in [4.78, 5) is 0. The van der Waals surface area contributed by atoms with Crippen LogP contribution >= 0.6 is 11.8 Å². The molecule has 1 aliphatic carbocycles. The predicted molar refractivity (Wildman–Crippen MR) is 80.8 cm³/mol. The minimum Gasteiger partial charge on any atom is -0.319 e. The average Bonchev–Trinajstić information content (AvgIpc) is 2.36. The summed E-state index contributed by atoms with van der Waals surface area (Å²) < 4.78 is 0. The van der Waals surface area contributed by atoms with Crippen molar-refractivity contribution in [1.82, 2.24) is 5.32 Å². The van der Waals surface area contributed by atoms with E-state index in [1.54, 1.807) is 0 Å². The summed E-state index contributed by atoms with van der Waals surface area (Å²) in [5.74, 6) is 5.62. The van der Waals surface area contributed by atoms with Crippen LogP contribution < -0.4 is 5.32 Å². The molecule has 0 radical (unpaired) electrons. The molecule has 0 aromatic carbocycles. The number of rotatable bonds is 8. The SMILES string of the molecule is CCSCCCC1CC(CC)CCC1CNC. The normalized spacial score (nSPS) is 29.5. The molecular weight excluding hydrogens is 226 g/mol. The minimum atomic E-state index is 0.953. The average molecular weight is 257 g/mol. The van der Waals surface area contributed by atoms with Crippen LogP contribution in [0.4, 0.5) is 0 Å². The van der Waals surface area contributed by atoms with Gasteiger partial charge in [-0.05, 0) is 68.5 Å². The summed E-state index contributed by atoms with van der Waals surface area (Å²) in [5.41, 5.74) is 0.